The molecule has 92 valence electrons. The fraction of sp³-hybridized carbons (Fsp3) is 0.462. The van der Waals surface area contributed by atoms with Gasteiger partial charge in [-0.05, 0) is 53.7 Å². The Balaban J connectivity index is 2.21. The molecule has 2 rings (SSSR count). The second-order valence-corrected chi connectivity index (χ2v) is 5.24. The molecule has 1 aliphatic rings. The zero-order chi connectivity index (χ0) is 12.4. The van der Waals surface area contributed by atoms with Crippen LogP contribution in [0.5, 0.6) is 0 Å². The molecule has 1 aromatic carbocycles. The van der Waals surface area contributed by atoms with Gasteiger partial charge in [0.2, 0.25) is 0 Å². The maximum Gasteiger partial charge on any atom is 0.257 e. The molecule has 0 unspecified atom stereocenters. The highest BCUT2D eigenvalue weighted by Gasteiger charge is 2.28. The molecule has 0 saturated heterocycles. The first-order chi connectivity index (χ1) is 8.13. The Kier molecular flexibility index (Phi) is 3.82. The average Bonchev–Trinajstić information content (AvgIpc) is 3.09. The molecule has 0 aromatic heterocycles. The predicted molar refractivity (Wildman–Crippen MR) is 68.4 cm³/mol. The lowest BCUT2D eigenvalue weighted by molar-refractivity contribution is 0.0751. The molecule has 0 atom stereocenters. The van der Waals surface area contributed by atoms with Crippen LogP contribution in [0.15, 0.2) is 22.7 Å². The molecule has 1 amide bonds. The Morgan fingerprint density at radius 1 is 1.53 bits per heavy atom. The third-order valence-corrected chi connectivity index (χ3v) is 3.68. The Labute approximate surface area is 109 Å². The summed E-state index contributed by atoms with van der Waals surface area (Å²) in [5, 5.41) is 0. The van der Waals surface area contributed by atoms with Gasteiger partial charge in [0.15, 0.2) is 0 Å². The Hall–Kier alpha value is -0.900. The third kappa shape index (κ3) is 2.86. The van der Waals surface area contributed by atoms with Crippen molar-refractivity contribution in [3.05, 3.63) is 34.1 Å². The minimum Gasteiger partial charge on any atom is -0.339 e. The summed E-state index contributed by atoms with van der Waals surface area (Å²) in [5.41, 5.74) is 0.148. The second-order valence-electron chi connectivity index (χ2n) is 4.38. The van der Waals surface area contributed by atoms with Crippen LogP contribution < -0.4 is 0 Å². The summed E-state index contributed by atoms with van der Waals surface area (Å²) in [6, 6.07) is 4.61. The van der Waals surface area contributed by atoms with Crippen molar-refractivity contribution in [2.24, 2.45) is 5.92 Å². The highest BCUT2D eigenvalue weighted by molar-refractivity contribution is 9.10. The summed E-state index contributed by atoms with van der Waals surface area (Å²) in [4.78, 5) is 14.0. The minimum atomic E-state index is -0.460. The van der Waals surface area contributed by atoms with Crippen LogP contribution >= 0.6 is 15.9 Å². The summed E-state index contributed by atoms with van der Waals surface area (Å²) in [7, 11) is 0. The lowest BCUT2D eigenvalue weighted by Gasteiger charge is -2.21. The number of carbonyl (C=O) groups is 1. The van der Waals surface area contributed by atoms with E-state index in [0.29, 0.717) is 16.9 Å². The van der Waals surface area contributed by atoms with Crippen molar-refractivity contribution in [3.63, 3.8) is 0 Å². The van der Waals surface area contributed by atoms with Gasteiger partial charge in [0, 0.05) is 17.6 Å². The van der Waals surface area contributed by atoms with E-state index >= 15 is 0 Å². The SMILES string of the molecule is CCN(CC1CC1)C(=O)c1c(F)cccc1Br. The van der Waals surface area contributed by atoms with Gasteiger partial charge in [-0.2, -0.15) is 0 Å². The number of hydrogen-bond donors (Lipinski definition) is 0. The van der Waals surface area contributed by atoms with Crippen molar-refractivity contribution >= 4 is 21.8 Å². The van der Waals surface area contributed by atoms with Gasteiger partial charge in [0.25, 0.3) is 5.91 Å². The Morgan fingerprint density at radius 2 is 2.24 bits per heavy atom. The molecule has 17 heavy (non-hydrogen) atoms. The third-order valence-electron chi connectivity index (χ3n) is 3.02. The first-order valence-electron chi connectivity index (χ1n) is 5.86. The van der Waals surface area contributed by atoms with E-state index in [1.165, 1.54) is 18.9 Å². The first-order valence-corrected chi connectivity index (χ1v) is 6.66. The number of amides is 1. The molecule has 2 nitrogen and oxygen atoms in total. The van der Waals surface area contributed by atoms with Gasteiger partial charge in [-0.3, -0.25) is 4.79 Å². The molecule has 1 aromatic rings. The lowest BCUT2D eigenvalue weighted by Crippen LogP contribution is -2.33. The zero-order valence-corrected chi connectivity index (χ0v) is 11.3. The van der Waals surface area contributed by atoms with Crippen LogP contribution in [0.2, 0.25) is 0 Å². The summed E-state index contributed by atoms with van der Waals surface area (Å²) >= 11 is 3.24. The van der Waals surface area contributed by atoms with E-state index in [-0.39, 0.29) is 11.5 Å². The standard InChI is InChI=1S/C13H15BrFNO/c1-2-16(8-9-6-7-9)13(17)12-10(14)4-3-5-11(12)15/h3-5,9H,2,6-8H2,1H3. The molecule has 0 radical (unpaired) electrons. The molecule has 0 N–H and O–H groups in total. The number of hydrogen-bond acceptors (Lipinski definition) is 1. The summed E-state index contributed by atoms with van der Waals surface area (Å²) < 4.78 is 14.2. The molecule has 0 heterocycles. The molecular formula is C13H15BrFNO. The van der Waals surface area contributed by atoms with Crippen LogP contribution in [-0.2, 0) is 0 Å². The minimum absolute atomic E-state index is 0.148. The summed E-state index contributed by atoms with van der Waals surface area (Å²) in [6.07, 6.45) is 2.37. The highest BCUT2D eigenvalue weighted by atomic mass is 79.9. The van der Waals surface area contributed by atoms with E-state index in [9.17, 15) is 9.18 Å². The molecule has 0 aliphatic heterocycles. The fourth-order valence-corrected chi connectivity index (χ4v) is 2.34. The van der Waals surface area contributed by atoms with Crippen molar-refractivity contribution in [3.8, 4) is 0 Å². The zero-order valence-electron chi connectivity index (χ0n) is 9.75. The normalized spacial score (nSPS) is 14.8. The molecule has 1 saturated carbocycles. The average molecular weight is 300 g/mol. The maximum atomic E-state index is 13.7. The van der Waals surface area contributed by atoms with Gasteiger partial charge < -0.3 is 4.90 Å². The molecule has 0 bridgehead atoms. The van der Waals surface area contributed by atoms with Gasteiger partial charge in [-0.15, -0.1) is 0 Å². The van der Waals surface area contributed by atoms with Crippen LogP contribution in [-0.4, -0.2) is 23.9 Å². The quantitative estimate of drug-likeness (QED) is 0.834. The number of carbonyl (C=O) groups excluding carboxylic acids is 1. The maximum absolute atomic E-state index is 13.7. The van der Waals surface area contributed by atoms with Gasteiger partial charge in [0.05, 0.1) is 5.56 Å². The summed E-state index contributed by atoms with van der Waals surface area (Å²) in [5.74, 6) is -0.0626. The molecule has 1 fully saturated rings. The number of halogens is 2. The first kappa shape index (κ1) is 12.6. The van der Waals surface area contributed by atoms with Gasteiger partial charge in [-0.25, -0.2) is 4.39 Å². The number of nitrogens with zero attached hydrogens (tertiary/aromatic N) is 1. The van der Waals surface area contributed by atoms with Crippen molar-refractivity contribution in [2.75, 3.05) is 13.1 Å². The highest BCUT2D eigenvalue weighted by Crippen LogP contribution is 2.30. The van der Waals surface area contributed by atoms with E-state index in [2.05, 4.69) is 15.9 Å². The van der Waals surface area contributed by atoms with Gasteiger partial charge >= 0.3 is 0 Å². The van der Waals surface area contributed by atoms with Crippen LogP contribution in [0.3, 0.4) is 0 Å². The largest absolute Gasteiger partial charge is 0.339 e. The molecular weight excluding hydrogens is 285 g/mol. The van der Waals surface area contributed by atoms with E-state index in [4.69, 9.17) is 0 Å². The van der Waals surface area contributed by atoms with Crippen molar-refractivity contribution in [1.29, 1.82) is 0 Å². The Morgan fingerprint density at radius 3 is 2.76 bits per heavy atom. The topological polar surface area (TPSA) is 20.3 Å². The van der Waals surface area contributed by atoms with Crippen LogP contribution in [0, 0.1) is 11.7 Å². The van der Waals surface area contributed by atoms with Crippen LogP contribution in [0.1, 0.15) is 30.1 Å². The molecule has 0 spiro atoms. The van der Waals surface area contributed by atoms with Crippen molar-refractivity contribution in [1.82, 2.24) is 4.90 Å². The van der Waals surface area contributed by atoms with E-state index in [1.807, 2.05) is 6.92 Å². The predicted octanol–water partition coefficient (Wildman–Crippen LogP) is 3.46. The van der Waals surface area contributed by atoms with E-state index < -0.39 is 5.82 Å². The van der Waals surface area contributed by atoms with Crippen LogP contribution in [0.25, 0.3) is 0 Å². The van der Waals surface area contributed by atoms with Crippen molar-refractivity contribution < 1.29 is 9.18 Å². The Bertz CT molecular complexity index is 411. The number of benzene rings is 1. The molecule has 1 aliphatic carbocycles. The monoisotopic (exact) mass is 299 g/mol. The van der Waals surface area contributed by atoms with E-state index in [1.54, 1.807) is 17.0 Å². The molecule has 4 heteroatoms. The van der Waals surface area contributed by atoms with Gasteiger partial charge in [-0.1, -0.05) is 6.07 Å². The smallest absolute Gasteiger partial charge is 0.257 e. The van der Waals surface area contributed by atoms with Gasteiger partial charge in [0.1, 0.15) is 5.82 Å². The number of rotatable bonds is 4. The summed E-state index contributed by atoms with van der Waals surface area (Å²) in [6.45, 7) is 3.29. The van der Waals surface area contributed by atoms with E-state index in [0.717, 1.165) is 6.54 Å². The van der Waals surface area contributed by atoms with Crippen LogP contribution in [0.4, 0.5) is 4.39 Å². The van der Waals surface area contributed by atoms with Crippen molar-refractivity contribution in [2.45, 2.75) is 19.8 Å². The second kappa shape index (κ2) is 5.17. The lowest BCUT2D eigenvalue weighted by atomic mass is 10.1. The fourth-order valence-electron chi connectivity index (χ4n) is 1.83.